The van der Waals surface area contributed by atoms with Gasteiger partial charge in [0.1, 0.15) is 0 Å². The topological polar surface area (TPSA) is 49.0 Å². The lowest BCUT2D eigenvalue weighted by Gasteiger charge is -1.96. The van der Waals surface area contributed by atoms with Gasteiger partial charge in [-0.15, -0.1) is 0 Å². The largest absolute Gasteiger partial charge is 1.00 e. The van der Waals surface area contributed by atoms with Crippen LogP contribution in [0.1, 0.15) is 13.8 Å². The summed E-state index contributed by atoms with van der Waals surface area (Å²) < 4.78 is 0. The van der Waals surface area contributed by atoms with Crippen LogP contribution in [0.2, 0.25) is 0 Å². The first kappa shape index (κ1) is 24.7. The SMILES string of the molecule is CC=C(C)C(=O)[O-].C[NH+](C)C.C[NH+](C)C.[Br-]. The van der Waals surface area contributed by atoms with Crippen molar-refractivity contribution in [3.8, 4) is 0 Å². The van der Waals surface area contributed by atoms with Crippen LogP contribution in [0.15, 0.2) is 11.6 Å². The Kier molecular flexibility index (Phi) is 26.3. The van der Waals surface area contributed by atoms with E-state index in [1.165, 1.54) is 22.8 Å². The second-order valence-electron chi connectivity index (χ2n) is 4.26. The van der Waals surface area contributed by atoms with Gasteiger partial charge < -0.3 is 36.7 Å². The van der Waals surface area contributed by atoms with Crippen molar-refractivity contribution < 1.29 is 36.7 Å². The number of carboxylic acid groups (broad SMARTS) is 1. The van der Waals surface area contributed by atoms with Crippen LogP contribution in [0.3, 0.4) is 0 Å². The second kappa shape index (κ2) is 17.0. The Hall–Kier alpha value is -0.390. The summed E-state index contributed by atoms with van der Waals surface area (Å²) in [5.41, 5.74) is 0.278. The number of carboxylic acids is 1. The van der Waals surface area contributed by atoms with E-state index in [4.69, 9.17) is 0 Å². The molecule has 0 heterocycles. The zero-order valence-electron chi connectivity index (χ0n) is 11.8. The van der Waals surface area contributed by atoms with E-state index in [0.29, 0.717) is 0 Å². The third kappa shape index (κ3) is 68.8. The molecule has 0 unspecified atom stereocenters. The van der Waals surface area contributed by atoms with Gasteiger partial charge in [-0.3, -0.25) is 0 Å². The molecule has 0 atom stereocenters. The number of nitrogens with one attached hydrogen (secondary N) is 2. The molecule has 0 saturated carbocycles. The van der Waals surface area contributed by atoms with Gasteiger partial charge in [-0.05, 0) is 19.4 Å². The summed E-state index contributed by atoms with van der Waals surface area (Å²) >= 11 is 0. The van der Waals surface area contributed by atoms with Crippen LogP contribution < -0.4 is 31.9 Å². The molecule has 0 spiro atoms. The normalized spacial score (nSPS) is 9.50. The van der Waals surface area contributed by atoms with Crippen LogP contribution in [0.25, 0.3) is 0 Å². The molecular formula is C11H27BrN2O2. The van der Waals surface area contributed by atoms with Gasteiger partial charge in [-0.1, -0.05) is 6.08 Å². The minimum Gasteiger partial charge on any atom is -1.00 e. The van der Waals surface area contributed by atoms with E-state index in [1.54, 1.807) is 6.92 Å². The second-order valence-corrected chi connectivity index (χ2v) is 4.26. The van der Waals surface area contributed by atoms with Crippen molar-refractivity contribution in [1.82, 2.24) is 0 Å². The van der Waals surface area contributed by atoms with Gasteiger partial charge in [-0.2, -0.15) is 0 Å². The van der Waals surface area contributed by atoms with E-state index in [1.807, 2.05) is 0 Å². The lowest BCUT2D eigenvalue weighted by atomic mass is 10.3. The molecule has 0 amide bonds. The van der Waals surface area contributed by atoms with Gasteiger partial charge in [0.15, 0.2) is 0 Å². The maximum atomic E-state index is 9.75. The molecule has 0 bridgehead atoms. The van der Waals surface area contributed by atoms with E-state index >= 15 is 0 Å². The number of rotatable bonds is 1. The standard InChI is InChI=1S/C5H8O2.2C3H9N.BrH/c1-3-4(2)5(6)7;2*1-4(2)3;/h3H,1-2H3,(H,6,7);2*1-3H3;1H. The minimum absolute atomic E-state index is 0. The number of carbonyl (C=O) groups excluding carboxylic acids is 1. The first-order chi connectivity index (χ1) is 6.64. The van der Waals surface area contributed by atoms with Crippen LogP contribution in [-0.2, 0) is 4.79 Å². The van der Waals surface area contributed by atoms with Gasteiger partial charge in [0.05, 0.1) is 48.3 Å². The Balaban J connectivity index is -0.0000000700. The highest BCUT2D eigenvalue weighted by Gasteiger charge is 1.80. The lowest BCUT2D eigenvalue weighted by Crippen LogP contribution is -3.02. The molecule has 2 N–H and O–H groups in total. The Morgan fingerprint density at radius 2 is 1.19 bits per heavy atom. The number of quaternary nitrogens is 2. The summed E-state index contributed by atoms with van der Waals surface area (Å²) in [6.07, 6.45) is 1.50. The molecule has 0 radical (unpaired) electrons. The van der Waals surface area contributed by atoms with Gasteiger partial charge in [-0.25, -0.2) is 0 Å². The summed E-state index contributed by atoms with van der Waals surface area (Å²) in [6, 6.07) is 0. The number of hydrogen-bond acceptors (Lipinski definition) is 2. The molecule has 0 rings (SSSR count). The predicted octanol–water partition coefficient (Wildman–Crippen LogP) is -5.77. The molecule has 0 aliphatic rings. The third-order valence-electron chi connectivity index (χ3n) is 0.755. The molecule has 0 aromatic carbocycles. The van der Waals surface area contributed by atoms with Crippen molar-refractivity contribution in [3.63, 3.8) is 0 Å². The fourth-order valence-corrected chi connectivity index (χ4v) is 0.118. The van der Waals surface area contributed by atoms with Gasteiger partial charge in [0, 0.05) is 0 Å². The summed E-state index contributed by atoms with van der Waals surface area (Å²) in [5, 5.41) is 9.75. The summed E-state index contributed by atoms with van der Waals surface area (Å²) in [4.78, 5) is 12.6. The first-order valence-corrected chi connectivity index (χ1v) is 5.02. The van der Waals surface area contributed by atoms with Crippen molar-refractivity contribution in [2.45, 2.75) is 13.8 Å². The highest BCUT2D eigenvalue weighted by Crippen LogP contribution is 1.85. The lowest BCUT2D eigenvalue weighted by molar-refractivity contribution is -0.836. The number of aliphatic carboxylic acids is 1. The van der Waals surface area contributed by atoms with Crippen LogP contribution in [-0.4, -0.2) is 48.3 Å². The van der Waals surface area contributed by atoms with Crippen molar-refractivity contribution >= 4 is 5.97 Å². The average molecular weight is 299 g/mol. The van der Waals surface area contributed by atoms with Gasteiger partial charge in [0.2, 0.25) is 0 Å². The van der Waals surface area contributed by atoms with Crippen LogP contribution in [0.5, 0.6) is 0 Å². The molecule has 0 aromatic heterocycles. The Morgan fingerprint density at radius 1 is 1.00 bits per heavy atom. The van der Waals surface area contributed by atoms with Crippen LogP contribution in [0, 0.1) is 0 Å². The van der Waals surface area contributed by atoms with Crippen molar-refractivity contribution in [1.29, 1.82) is 0 Å². The quantitative estimate of drug-likeness (QED) is 0.474. The van der Waals surface area contributed by atoms with Crippen molar-refractivity contribution in [2.24, 2.45) is 0 Å². The van der Waals surface area contributed by atoms with Gasteiger partial charge >= 0.3 is 0 Å². The highest BCUT2D eigenvalue weighted by atomic mass is 79.9. The molecule has 100 valence electrons. The number of carbonyl (C=O) groups is 1. The number of halogens is 1. The molecular weight excluding hydrogens is 272 g/mol. The summed E-state index contributed by atoms with van der Waals surface area (Å²) in [6.45, 7) is 3.15. The average Bonchev–Trinajstić information content (AvgIpc) is 2.00. The molecule has 5 heteroatoms. The van der Waals surface area contributed by atoms with E-state index in [2.05, 4.69) is 42.3 Å². The Bertz CT molecular complexity index is 169. The molecule has 4 nitrogen and oxygen atoms in total. The van der Waals surface area contributed by atoms with E-state index in [0.717, 1.165) is 0 Å². The molecule has 0 saturated heterocycles. The predicted molar refractivity (Wildman–Crippen MR) is 61.9 cm³/mol. The van der Waals surface area contributed by atoms with Crippen molar-refractivity contribution in [3.05, 3.63) is 11.6 Å². The number of allylic oxidation sites excluding steroid dienone is 1. The van der Waals surface area contributed by atoms with E-state index in [-0.39, 0.29) is 22.6 Å². The summed E-state index contributed by atoms with van der Waals surface area (Å²) in [5.74, 6) is -1.09. The van der Waals surface area contributed by atoms with E-state index in [9.17, 15) is 9.90 Å². The molecule has 16 heavy (non-hydrogen) atoms. The first-order valence-electron chi connectivity index (χ1n) is 5.02. The van der Waals surface area contributed by atoms with E-state index < -0.39 is 5.97 Å². The zero-order chi connectivity index (χ0) is 13.0. The van der Waals surface area contributed by atoms with Gasteiger partial charge in [0.25, 0.3) is 0 Å². The number of hydrogen-bond donors (Lipinski definition) is 2. The Morgan fingerprint density at radius 3 is 1.19 bits per heavy atom. The summed E-state index contributed by atoms with van der Waals surface area (Å²) in [7, 11) is 12.5. The van der Waals surface area contributed by atoms with Crippen LogP contribution >= 0.6 is 0 Å². The molecule has 0 fully saturated rings. The monoisotopic (exact) mass is 298 g/mol. The molecule has 0 aliphatic heterocycles. The smallest absolute Gasteiger partial charge is 0.0668 e. The maximum Gasteiger partial charge on any atom is 0.0668 e. The zero-order valence-corrected chi connectivity index (χ0v) is 13.4. The van der Waals surface area contributed by atoms with Crippen LogP contribution in [0.4, 0.5) is 0 Å². The fraction of sp³-hybridized carbons (Fsp3) is 0.727. The molecule has 0 aliphatic carbocycles. The highest BCUT2D eigenvalue weighted by molar-refractivity contribution is 5.83. The Labute approximate surface area is 111 Å². The fourth-order valence-electron chi connectivity index (χ4n) is 0.118. The molecule has 0 aromatic rings. The minimum atomic E-state index is -1.09. The maximum absolute atomic E-state index is 9.75. The third-order valence-corrected chi connectivity index (χ3v) is 0.755. The van der Waals surface area contributed by atoms with Crippen molar-refractivity contribution in [2.75, 3.05) is 42.3 Å².